The van der Waals surface area contributed by atoms with Gasteiger partial charge < -0.3 is 10.1 Å². The largest absolute Gasteiger partial charge is 0.489 e. The van der Waals surface area contributed by atoms with E-state index in [0.29, 0.717) is 17.5 Å². The zero-order chi connectivity index (χ0) is 19.3. The van der Waals surface area contributed by atoms with Crippen LogP contribution < -0.4 is 15.7 Å². The van der Waals surface area contributed by atoms with Crippen molar-refractivity contribution in [1.82, 2.24) is 14.8 Å². The van der Waals surface area contributed by atoms with Gasteiger partial charge in [0.2, 0.25) is 5.91 Å². The fraction of sp³-hybridized carbons (Fsp3) is 0.250. The van der Waals surface area contributed by atoms with Gasteiger partial charge in [-0.1, -0.05) is 42.1 Å². The maximum absolute atomic E-state index is 12.2. The lowest BCUT2D eigenvalue weighted by atomic mass is 10.2. The van der Waals surface area contributed by atoms with Gasteiger partial charge in [-0.05, 0) is 42.7 Å². The maximum Gasteiger partial charge on any atom is 0.344 e. The molecule has 2 aromatic carbocycles. The number of rotatable bonds is 8. The summed E-state index contributed by atoms with van der Waals surface area (Å²) in [5.74, 6) is 0.769. The van der Waals surface area contributed by atoms with Gasteiger partial charge in [0.1, 0.15) is 12.4 Å². The van der Waals surface area contributed by atoms with E-state index >= 15 is 0 Å². The van der Waals surface area contributed by atoms with Crippen molar-refractivity contribution in [2.24, 2.45) is 0 Å². The van der Waals surface area contributed by atoms with Crippen LogP contribution in [-0.2, 0) is 11.4 Å². The van der Waals surface area contributed by atoms with Crippen molar-refractivity contribution >= 4 is 23.4 Å². The Morgan fingerprint density at radius 1 is 1.18 bits per heavy atom. The van der Waals surface area contributed by atoms with Gasteiger partial charge in [0.05, 0.1) is 5.75 Å². The van der Waals surface area contributed by atoms with Gasteiger partial charge >= 0.3 is 5.69 Å². The van der Waals surface area contributed by atoms with Crippen molar-refractivity contribution in [2.45, 2.75) is 30.6 Å². The first kappa shape index (κ1) is 18.4. The summed E-state index contributed by atoms with van der Waals surface area (Å²) >= 11 is 1.26. The molecule has 0 aliphatic heterocycles. The number of H-pyrrole nitrogens is 1. The van der Waals surface area contributed by atoms with Crippen molar-refractivity contribution in [2.75, 3.05) is 11.1 Å². The Hall–Kier alpha value is -3.00. The number of benzene rings is 2. The van der Waals surface area contributed by atoms with Crippen molar-refractivity contribution in [3.8, 4) is 5.75 Å². The minimum Gasteiger partial charge on any atom is -0.489 e. The second kappa shape index (κ2) is 8.35. The van der Waals surface area contributed by atoms with Crippen LogP contribution in [-0.4, -0.2) is 26.4 Å². The van der Waals surface area contributed by atoms with Crippen LogP contribution in [0.5, 0.6) is 5.75 Å². The van der Waals surface area contributed by atoms with E-state index in [-0.39, 0.29) is 23.4 Å². The summed E-state index contributed by atoms with van der Waals surface area (Å²) in [6.07, 6.45) is 1.97. The van der Waals surface area contributed by atoms with E-state index in [1.807, 2.05) is 42.5 Å². The Labute approximate surface area is 166 Å². The molecule has 2 N–H and O–H groups in total. The molecule has 0 spiro atoms. The molecule has 1 fully saturated rings. The molecular formula is C20H20N4O3S. The quantitative estimate of drug-likeness (QED) is 0.571. The number of hydrogen-bond acceptors (Lipinski definition) is 5. The van der Waals surface area contributed by atoms with Gasteiger partial charge in [0, 0.05) is 11.7 Å². The number of aromatic nitrogens is 3. The molecule has 8 heteroatoms. The average Bonchev–Trinajstić information content (AvgIpc) is 3.49. The van der Waals surface area contributed by atoms with Gasteiger partial charge in [-0.25, -0.2) is 9.89 Å². The number of thioether (sulfide) groups is 1. The third-order valence-electron chi connectivity index (χ3n) is 4.30. The molecule has 0 saturated heterocycles. The lowest BCUT2D eigenvalue weighted by Gasteiger charge is -2.08. The molecule has 144 valence electrons. The molecule has 7 nitrogen and oxygen atoms in total. The molecule has 4 rings (SSSR count). The number of carbonyl (C=O) groups is 1. The molecule has 28 heavy (non-hydrogen) atoms. The van der Waals surface area contributed by atoms with E-state index < -0.39 is 0 Å². The number of nitrogens with zero attached hydrogens (tertiary/aromatic N) is 2. The highest BCUT2D eigenvalue weighted by molar-refractivity contribution is 7.99. The first-order valence-corrected chi connectivity index (χ1v) is 10.0. The second-order valence-electron chi connectivity index (χ2n) is 6.55. The molecular weight excluding hydrogens is 376 g/mol. The summed E-state index contributed by atoms with van der Waals surface area (Å²) in [4.78, 5) is 23.9. The number of hydrogen-bond donors (Lipinski definition) is 2. The summed E-state index contributed by atoms with van der Waals surface area (Å²) in [6.45, 7) is 0.496. The number of amides is 1. The highest BCUT2D eigenvalue weighted by atomic mass is 32.2. The van der Waals surface area contributed by atoms with E-state index in [1.54, 1.807) is 16.7 Å². The Bertz CT molecular complexity index is 994. The number of carbonyl (C=O) groups excluding carboxylic acids is 1. The molecule has 1 aliphatic carbocycles. The van der Waals surface area contributed by atoms with E-state index in [0.717, 1.165) is 24.2 Å². The third-order valence-corrected chi connectivity index (χ3v) is 5.26. The topological polar surface area (TPSA) is 89.0 Å². The molecule has 1 amide bonds. The molecule has 0 atom stereocenters. The van der Waals surface area contributed by atoms with E-state index in [1.165, 1.54) is 11.8 Å². The smallest absolute Gasteiger partial charge is 0.344 e. The fourth-order valence-electron chi connectivity index (χ4n) is 2.75. The van der Waals surface area contributed by atoms with Crippen LogP contribution in [0, 0.1) is 0 Å². The predicted octanol–water partition coefficient (Wildman–Crippen LogP) is 3.22. The molecule has 1 saturated carbocycles. The van der Waals surface area contributed by atoms with Gasteiger partial charge in [-0.2, -0.15) is 0 Å². The van der Waals surface area contributed by atoms with Gasteiger partial charge in [0.15, 0.2) is 5.16 Å². The predicted molar refractivity (Wildman–Crippen MR) is 108 cm³/mol. The molecule has 0 unspecified atom stereocenters. The van der Waals surface area contributed by atoms with Crippen LogP contribution in [0.3, 0.4) is 0 Å². The Kier molecular flexibility index (Phi) is 5.48. The lowest BCUT2D eigenvalue weighted by Crippen LogP contribution is -2.17. The summed E-state index contributed by atoms with van der Waals surface area (Å²) < 4.78 is 7.38. The Balaban J connectivity index is 1.27. The minimum absolute atomic E-state index is 0.152. The summed E-state index contributed by atoms with van der Waals surface area (Å²) in [7, 11) is 0. The van der Waals surface area contributed by atoms with E-state index in [2.05, 4.69) is 15.5 Å². The van der Waals surface area contributed by atoms with Crippen LogP contribution in [0.4, 0.5) is 5.69 Å². The second-order valence-corrected chi connectivity index (χ2v) is 7.49. The maximum atomic E-state index is 12.2. The summed E-state index contributed by atoms with van der Waals surface area (Å²) in [6, 6.07) is 17.4. The average molecular weight is 396 g/mol. The van der Waals surface area contributed by atoms with E-state index in [9.17, 15) is 9.59 Å². The number of anilines is 1. The normalized spacial score (nSPS) is 13.3. The Morgan fingerprint density at radius 3 is 2.64 bits per heavy atom. The number of ether oxygens (including phenoxy) is 1. The Morgan fingerprint density at radius 2 is 1.93 bits per heavy atom. The van der Waals surface area contributed by atoms with Gasteiger partial charge in [-0.15, -0.1) is 5.10 Å². The first-order valence-electron chi connectivity index (χ1n) is 9.05. The summed E-state index contributed by atoms with van der Waals surface area (Å²) in [5, 5.41) is 9.86. The third kappa shape index (κ3) is 4.64. The van der Waals surface area contributed by atoms with Gasteiger partial charge in [-0.3, -0.25) is 9.36 Å². The summed E-state index contributed by atoms with van der Waals surface area (Å²) in [5.41, 5.74) is 1.58. The monoisotopic (exact) mass is 396 g/mol. The van der Waals surface area contributed by atoms with Crippen LogP contribution >= 0.6 is 11.8 Å². The lowest BCUT2D eigenvalue weighted by molar-refractivity contribution is -0.113. The minimum atomic E-state index is -0.212. The molecule has 0 bridgehead atoms. The van der Waals surface area contributed by atoms with Crippen molar-refractivity contribution in [3.05, 3.63) is 70.6 Å². The molecule has 1 aromatic heterocycles. The zero-order valence-corrected chi connectivity index (χ0v) is 15.9. The zero-order valence-electron chi connectivity index (χ0n) is 15.1. The number of nitrogens with one attached hydrogen (secondary N) is 2. The van der Waals surface area contributed by atoms with Crippen molar-refractivity contribution in [1.29, 1.82) is 0 Å². The molecule has 1 aliphatic rings. The first-order chi connectivity index (χ1) is 13.7. The van der Waals surface area contributed by atoms with Crippen molar-refractivity contribution < 1.29 is 9.53 Å². The van der Waals surface area contributed by atoms with Crippen LogP contribution in [0.25, 0.3) is 0 Å². The highest BCUT2D eigenvalue weighted by Crippen LogP contribution is 2.36. The molecule has 3 aromatic rings. The number of aromatic amines is 1. The van der Waals surface area contributed by atoms with Crippen molar-refractivity contribution in [3.63, 3.8) is 0 Å². The highest BCUT2D eigenvalue weighted by Gasteiger charge is 2.28. The van der Waals surface area contributed by atoms with Crippen LogP contribution in [0.15, 0.2) is 64.5 Å². The SMILES string of the molecule is O=C(CSc1n[nH]c(=O)n1C1CC1)Nc1ccc(OCc2ccccc2)cc1. The standard InChI is InChI=1S/C20H20N4O3S/c25-18(13-28-20-23-22-19(26)24(20)16-8-9-16)21-15-6-10-17(11-7-15)27-12-14-4-2-1-3-5-14/h1-7,10-11,16H,8-9,12-13H2,(H,21,25)(H,22,26). The van der Waals surface area contributed by atoms with Crippen LogP contribution in [0.2, 0.25) is 0 Å². The van der Waals surface area contributed by atoms with E-state index in [4.69, 9.17) is 4.74 Å². The molecule has 1 heterocycles. The molecule has 0 radical (unpaired) electrons. The van der Waals surface area contributed by atoms with Gasteiger partial charge in [0.25, 0.3) is 0 Å². The fourth-order valence-corrected chi connectivity index (χ4v) is 3.56. The van der Waals surface area contributed by atoms with Crippen LogP contribution in [0.1, 0.15) is 24.4 Å².